The van der Waals surface area contributed by atoms with Crippen molar-refractivity contribution in [3.8, 4) is 11.8 Å². The number of esters is 2. The van der Waals surface area contributed by atoms with Crippen LogP contribution in [0.3, 0.4) is 0 Å². The molecule has 0 bridgehead atoms. The highest BCUT2D eigenvalue weighted by atomic mass is 16.6. The summed E-state index contributed by atoms with van der Waals surface area (Å²) in [6.45, 7) is 3.24. The van der Waals surface area contributed by atoms with Crippen LogP contribution >= 0.6 is 0 Å². The molecule has 1 aliphatic rings. The van der Waals surface area contributed by atoms with E-state index in [4.69, 9.17) is 19.9 Å². The number of rotatable bonds is 6. The second-order valence-corrected chi connectivity index (χ2v) is 5.55. The topological polar surface area (TPSA) is 121 Å². The summed E-state index contributed by atoms with van der Waals surface area (Å²) in [5.74, 6) is -1.15. The molecule has 0 saturated carbocycles. The summed E-state index contributed by atoms with van der Waals surface area (Å²) < 4.78 is 20.3. The van der Waals surface area contributed by atoms with Gasteiger partial charge in [-0.25, -0.2) is 9.59 Å². The van der Waals surface area contributed by atoms with E-state index in [-0.39, 0.29) is 36.0 Å². The molecule has 2 rings (SSSR count). The van der Waals surface area contributed by atoms with Gasteiger partial charge in [0.2, 0.25) is 5.88 Å². The van der Waals surface area contributed by atoms with Gasteiger partial charge < -0.3 is 24.7 Å². The maximum absolute atomic E-state index is 12.4. The number of carbonyl (C=O) groups excluding carboxylic acids is 2. The minimum atomic E-state index is -0.725. The van der Waals surface area contributed by atoms with Crippen molar-refractivity contribution in [2.45, 2.75) is 19.8 Å². The first kappa shape index (κ1) is 19.8. The first-order chi connectivity index (χ1) is 12.9. The van der Waals surface area contributed by atoms with Crippen LogP contribution in [0.15, 0.2) is 47.1 Å². The Morgan fingerprint density at radius 3 is 2.52 bits per heavy atom. The van der Waals surface area contributed by atoms with Gasteiger partial charge in [-0.15, -0.1) is 0 Å². The summed E-state index contributed by atoms with van der Waals surface area (Å²) in [5.41, 5.74) is 6.80. The molecule has 0 spiro atoms. The van der Waals surface area contributed by atoms with Crippen LogP contribution in [0.5, 0.6) is 5.75 Å². The molecule has 1 heterocycles. The molecule has 8 nitrogen and oxygen atoms in total. The number of nitriles is 1. The second-order valence-electron chi connectivity index (χ2n) is 5.55. The molecule has 2 N–H and O–H groups in total. The van der Waals surface area contributed by atoms with E-state index in [0.717, 1.165) is 0 Å². The van der Waals surface area contributed by atoms with Gasteiger partial charge in [0, 0.05) is 0 Å². The molecule has 1 aliphatic heterocycles. The summed E-state index contributed by atoms with van der Waals surface area (Å²) >= 11 is 0. The Morgan fingerprint density at radius 2 is 1.96 bits per heavy atom. The lowest BCUT2D eigenvalue weighted by atomic mass is 9.83. The molecule has 0 aliphatic carbocycles. The van der Waals surface area contributed by atoms with Gasteiger partial charge in [-0.05, 0) is 31.5 Å². The van der Waals surface area contributed by atoms with E-state index in [0.29, 0.717) is 11.3 Å². The third kappa shape index (κ3) is 4.39. The van der Waals surface area contributed by atoms with Gasteiger partial charge in [0.15, 0.2) is 6.61 Å². The van der Waals surface area contributed by atoms with E-state index in [9.17, 15) is 14.9 Å². The molecule has 1 unspecified atom stereocenters. The van der Waals surface area contributed by atoms with Crippen molar-refractivity contribution >= 4 is 11.9 Å². The minimum Gasteiger partial charge on any atom is -0.482 e. The number of methoxy groups -OCH3 is 1. The Bertz CT molecular complexity index is 833. The fourth-order valence-electron chi connectivity index (χ4n) is 2.65. The van der Waals surface area contributed by atoms with Gasteiger partial charge in [-0.1, -0.05) is 12.1 Å². The van der Waals surface area contributed by atoms with E-state index in [1.807, 2.05) is 6.07 Å². The lowest BCUT2D eigenvalue weighted by Gasteiger charge is -2.26. The smallest absolute Gasteiger partial charge is 0.343 e. The number of hydrogen-bond donors (Lipinski definition) is 1. The summed E-state index contributed by atoms with van der Waals surface area (Å²) in [5, 5.41) is 9.52. The number of nitrogens with two attached hydrogens (primary N) is 1. The number of benzene rings is 1. The third-order valence-electron chi connectivity index (χ3n) is 3.90. The Balaban J connectivity index is 2.38. The number of nitrogens with zero attached hydrogens (tertiary/aromatic N) is 1. The van der Waals surface area contributed by atoms with Crippen molar-refractivity contribution < 1.29 is 28.5 Å². The fourth-order valence-corrected chi connectivity index (χ4v) is 2.65. The zero-order valence-electron chi connectivity index (χ0n) is 15.3. The molecule has 0 radical (unpaired) electrons. The quantitative estimate of drug-likeness (QED) is 0.751. The summed E-state index contributed by atoms with van der Waals surface area (Å²) in [6.07, 6.45) is 0. The first-order valence-electron chi connectivity index (χ1n) is 8.17. The van der Waals surface area contributed by atoms with Crippen LogP contribution in [0, 0.1) is 11.3 Å². The minimum absolute atomic E-state index is 0.0564. The SMILES string of the molecule is CCOC(=O)C1=C(C)OC(N)=C(C#N)C1c1ccc(OCC(=O)OC)cc1. The van der Waals surface area contributed by atoms with Crippen LogP contribution < -0.4 is 10.5 Å². The van der Waals surface area contributed by atoms with Gasteiger partial charge in [0.1, 0.15) is 23.2 Å². The number of ether oxygens (including phenoxy) is 4. The molecule has 1 aromatic rings. The normalized spacial score (nSPS) is 16.3. The van der Waals surface area contributed by atoms with E-state index < -0.39 is 17.9 Å². The predicted octanol–water partition coefficient (Wildman–Crippen LogP) is 1.88. The van der Waals surface area contributed by atoms with Crippen LogP contribution in [0.25, 0.3) is 0 Å². The largest absolute Gasteiger partial charge is 0.482 e. The van der Waals surface area contributed by atoms with Crippen molar-refractivity contribution in [2.24, 2.45) is 5.73 Å². The lowest BCUT2D eigenvalue weighted by Crippen LogP contribution is -2.25. The van der Waals surface area contributed by atoms with Crippen molar-refractivity contribution in [1.29, 1.82) is 5.26 Å². The molecule has 27 heavy (non-hydrogen) atoms. The van der Waals surface area contributed by atoms with Gasteiger partial charge >= 0.3 is 11.9 Å². The van der Waals surface area contributed by atoms with E-state index >= 15 is 0 Å². The Hall–Kier alpha value is -3.47. The van der Waals surface area contributed by atoms with E-state index in [1.165, 1.54) is 7.11 Å². The summed E-state index contributed by atoms with van der Waals surface area (Å²) in [4.78, 5) is 23.6. The van der Waals surface area contributed by atoms with E-state index in [2.05, 4.69) is 4.74 Å². The molecule has 8 heteroatoms. The van der Waals surface area contributed by atoms with Crippen LogP contribution in [-0.2, 0) is 23.8 Å². The zero-order valence-corrected chi connectivity index (χ0v) is 15.3. The van der Waals surface area contributed by atoms with Crippen molar-refractivity contribution in [3.05, 3.63) is 52.6 Å². The van der Waals surface area contributed by atoms with Crippen LogP contribution in [0.1, 0.15) is 25.3 Å². The Kier molecular flexibility index (Phi) is 6.44. The van der Waals surface area contributed by atoms with Crippen LogP contribution in [0.4, 0.5) is 0 Å². The Morgan fingerprint density at radius 1 is 1.30 bits per heavy atom. The molecule has 142 valence electrons. The molecule has 0 amide bonds. The highest BCUT2D eigenvalue weighted by molar-refractivity contribution is 5.92. The predicted molar refractivity (Wildman–Crippen MR) is 93.9 cm³/mol. The molecular weight excluding hydrogens is 352 g/mol. The second kappa shape index (κ2) is 8.76. The number of carbonyl (C=O) groups is 2. The number of allylic oxidation sites excluding steroid dienone is 2. The van der Waals surface area contributed by atoms with E-state index in [1.54, 1.807) is 38.1 Å². The van der Waals surface area contributed by atoms with Gasteiger partial charge in [-0.2, -0.15) is 5.26 Å². The molecule has 1 aromatic carbocycles. The highest BCUT2D eigenvalue weighted by Crippen LogP contribution is 2.39. The molecule has 0 aromatic heterocycles. The standard InChI is InChI=1S/C19H20N2O6/c1-4-25-19(23)16-11(2)27-18(21)14(9-20)17(16)12-5-7-13(8-6-12)26-10-15(22)24-3/h5-8,17H,4,10,21H2,1-3H3. The molecule has 1 atom stereocenters. The molecular formula is C19H20N2O6. The summed E-state index contributed by atoms with van der Waals surface area (Å²) in [7, 11) is 1.27. The molecule has 0 saturated heterocycles. The molecule has 0 fully saturated rings. The zero-order chi connectivity index (χ0) is 20.0. The van der Waals surface area contributed by atoms with Crippen molar-refractivity contribution in [3.63, 3.8) is 0 Å². The summed E-state index contributed by atoms with van der Waals surface area (Å²) in [6, 6.07) is 8.61. The fraction of sp³-hybridized carbons (Fsp3) is 0.316. The Labute approximate surface area is 156 Å². The van der Waals surface area contributed by atoms with Crippen LogP contribution in [0.2, 0.25) is 0 Å². The highest BCUT2D eigenvalue weighted by Gasteiger charge is 2.36. The average Bonchev–Trinajstić information content (AvgIpc) is 2.66. The number of hydrogen-bond acceptors (Lipinski definition) is 8. The third-order valence-corrected chi connectivity index (χ3v) is 3.90. The lowest BCUT2D eigenvalue weighted by molar-refractivity contribution is -0.143. The monoisotopic (exact) mass is 372 g/mol. The van der Waals surface area contributed by atoms with Crippen LogP contribution in [-0.4, -0.2) is 32.3 Å². The van der Waals surface area contributed by atoms with Crippen molar-refractivity contribution in [1.82, 2.24) is 0 Å². The van der Waals surface area contributed by atoms with Crippen molar-refractivity contribution in [2.75, 3.05) is 20.3 Å². The van der Waals surface area contributed by atoms with Gasteiger partial charge in [0.05, 0.1) is 25.2 Å². The average molecular weight is 372 g/mol. The maximum Gasteiger partial charge on any atom is 0.343 e. The van der Waals surface area contributed by atoms with Gasteiger partial charge in [0.25, 0.3) is 0 Å². The first-order valence-corrected chi connectivity index (χ1v) is 8.17. The van der Waals surface area contributed by atoms with Gasteiger partial charge in [-0.3, -0.25) is 0 Å². The maximum atomic E-state index is 12.4.